The van der Waals surface area contributed by atoms with Gasteiger partial charge in [0.2, 0.25) is 0 Å². The van der Waals surface area contributed by atoms with Crippen LogP contribution in [0.15, 0.2) is 42.7 Å². The first-order valence-electron chi connectivity index (χ1n) is 7.50. The number of alkyl carbamates (subject to hydrolysis) is 1. The van der Waals surface area contributed by atoms with Crippen LogP contribution in [0.25, 0.3) is 0 Å². The largest absolute Gasteiger partial charge is 0.480 e. The van der Waals surface area contributed by atoms with Gasteiger partial charge < -0.3 is 15.2 Å². The van der Waals surface area contributed by atoms with Gasteiger partial charge in [0.15, 0.2) is 6.04 Å². The average molecular weight is 371 g/mol. The lowest BCUT2D eigenvalue weighted by Crippen LogP contribution is -2.46. The van der Waals surface area contributed by atoms with Crippen LogP contribution >= 0.6 is 0 Å². The maximum atomic E-state index is 12.6. The topological polar surface area (TPSA) is 93.5 Å². The zero-order valence-electron chi connectivity index (χ0n) is 13.6. The van der Waals surface area contributed by atoms with Gasteiger partial charge in [0.05, 0.1) is 17.8 Å². The van der Waals surface area contributed by atoms with Crippen LogP contribution in [0.5, 0.6) is 0 Å². The zero-order valence-corrected chi connectivity index (χ0v) is 13.6. The van der Waals surface area contributed by atoms with Crippen molar-refractivity contribution in [3.05, 3.63) is 53.9 Å². The molecule has 0 fully saturated rings. The minimum atomic E-state index is -4.60. The van der Waals surface area contributed by atoms with E-state index in [1.807, 2.05) is 0 Å². The molecular weight excluding hydrogens is 355 g/mol. The Labute approximate surface area is 146 Å². The summed E-state index contributed by atoms with van der Waals surface area (Å²) in [5, 5.41) is 14.9. The Morgan fingerprint density at radius 1 is 1.31 bits per heavy atom. The average Bonchev–Trinajstić information content (AvgIpc) is 3.08. The molecule has 26 heavy (non-hydrogen) atoms. The number of carbonyl (C=O) groups excluding carboxylic acids is 1. The molecule has 2 rings (SSSR count). The van der Waals surface area contributed by atoms with Crippen LogP contribution < -0.4 is 5.32 Å². The predicted molar refractivity (Wildman–Crippen MR) is 83.1 cm³/mol. The molecule has 2 N–H and O–H groups in total. The highest BCUT2D eigenvalue weighted by Gasteiger charge is 2.34. The molecule has 1 aromatic carbocycles. The molecule has 0 aliphatic heterocycles. The van der Waals surface area contributed by atoms with Crippen molar-refractivity contribution in [3.8, 4) is 0 Å². The van der Waals surface area contributed by atoms with Crippen molar-refractivity contribution < 1.29 is 32.6 Å². The maximum Gasteiger partial charge on any atom is 0.419 e. The first-order chi connectivity index (χ1) is 12.2. The molecule has 2 unspecified atom stereocenters. The highest BCUT2D eigenvalue weighted by molar-refractivity contribution is 5.80. The Hall–Kier alpha value is -3.04. The quantitative estimate of drug-likeness (QED) is 0.814. The minimum Gasteiger partial charge on any atom is -0.480 e. The van der Waals surface area contributed by atoms with Crippen LogP contribution in [0, 0.1) is 0 Å². The molecule has 1 heterocycles. The van der Waals surface area contributed by atoms with E-state index in [2.05, 4.69) is 10.4 Å². The van der Waals surface area contributed by atoms with Crippen LogP contribution in [-0.4, -0.2) is 33.0 Å². The number of carbonyl (C=O) groups is 2. The van der Waals surface area contributed by atoms with E-state index in [0.29, 0.717) is 18.0 Å². The number of alkyl halides is 3. The number of nitrogens with zero attached hydrogens (tertiary/aromatic N) is 2. The first-order valence-corrected chi connectivity index (χ1v) is 7.50. The smallest absolute Gasteiger partial charge is 0.419 e. The summed E-state index contributed by atoms with van der Waals surface area (Å²) in [5.74, 6) is -1.43. The lowest BCUT2D eigenvalue weighted by Gasteiger charge is -2.21. The molecule has 1 aromatic heterocycles. The lowest BCUT2D eigenvalue weighted by molar-refractivity contribution is -0.140. The van der Waals surface area contributed by atoms with Crippen LogP contribution in [0.2, 0.25) is 0 Å². The second-order valence-electron chi connectivity index (χ2n) is 5.47. The number of carboxylic acids is 1. The number of nitrogens with one attached hydrogen (secondary N) is 1. The second kappa shape index (κ2) is 7.89. The number of hydrogen-bond acceptors (Lipinski definition) is 4. The predicted octanol–water partition coefficient (Wildman–Crippen LogP) is 2.84. The summed E-state index contributed by atoms with van der Waals surface area (Å²) in [4.78, 5) is 23.2. The summed E-state index contributed by atoms with van der Waals surface area (Å²) in [6.07, 6.45) is -4.34. The molecule has 2 atom stereocenters. The van der Waals surface area contributed by atoms with E-state index in [1.165, 1.54) is 6.92 Å². The van der Waals surface area contributed by atoms with Gasteiger partial charge in [-0.25, -0.2) is 9.59 Å². The van der Waals surface area contributed by atoms with Crippen molar-refractivity contribution in [3.63, 3.8) is 0 Å². The van der Waals surface area contributed by atoms with Crippen LogP contribution in [-0.2, 0) is 22.3 Å². The molecular formula is C16H16F3N3O4. The third-order valence-corrected chi connectivity index (χ3v) is 3.58. The molecule has 0 radical (unpaired) electrons. The summed E-state index contributed by atoms with van der Waals surface area (Å²) in [5.41, 5.74) is -0.315. The monoisotopic (exact) mass is 371 g/mol. The Balaban J connectivity index is 2.02. The minimum absolute atomic E-state index is 0.0760. The number of halogens is 3. The highest BCUT2D eigenvalue weighted by atomic mass is 19.4. The fourth-order valence-electron chi connectivity index (χ4n) is 2.14. The second-order valence-corrected chi connectivity index (χ2v) is 5.47. The summed E-state index contributed by atoms with van der Waals surface area (Å²) in [6, 6.07) is 6.10. The molecule has 10 heteroatoms. The number of aliphatic carboxylic acids is 1. The fourth-order valence-corrected chi connectivity index (χ4v) is 2.14. The molecule has 0 bridgehead atoms. The molecule has 0 saturated carbocycles. The van der Waals surface area contributed by atoms with E-state index in [4.69, 9.17) is 4.74 Å². The van der Waals surface area contributed by atoms with Crippen molar-refractivity contribution in [2.24, 2.45) is 0 Å². The van der Waals surface area contributed by atoms with E-state index < -0.39 is 35.9 Å². The third-order valence-electron chi connectivity index (χ3n) is 3.58. The Bertz CT molecular complexity index is 762. The van der Waals surface area contributed by atoms with Crippen LogP contribution in [0.4, 0.5) is 18.0 Å². The number of benzene rings is 1. The van der Waals surface area contributed by atoms with Crippen molar-refractivity contribution in [1.82, 2.24) is 15.1 Å². The van der Waals surface area contributed by atoms with E-state index in [9.17, 15) is 27.9 Å². The molecule has 140 valence electrons. The molecule has 1 amide bonds. The van der Waals surface area contributed by atoms with Gasteiger partial charge in [0, 0.05) is 6.20 Å². The summed E-state index contributed by atoms with van der Waals surface area (Å²) in [7, 11) is 0. The summed E-state index contributed by atoms with van der Waals surface area (Å²) < 4.78 is 43.7. The van der Waals surface area contributed by atoms with Crippen molar-refractivity contribution >= 4 is 12.1 Å². The number of aromatic nitrogens is 2. The van der Waals surface area contributed by atoms with E-state index >= 15 is 0 Å². The summed E-state index contributed by atoms with van der Waals surface area (Å²) >= 11 is 0. The SMILES string of the molecule is CC(C(NC(=O)OCc1ccccc1)C(=O)O)n1cc(C(F)(F)F)cn1. The molecule has 2 aromatic rings. The van der Waals surface area contributed by atoms with Crippen molar-refractivity contribution in [1.29, 1.82) is 0 Å². The number of carboxylic acid groups (broad SMARTS) is 1. The lowest BCUT2D eigenvalue weighted by atomic mass is 10.1. The molecule has 0 aliphatic carbocycles. The van der Waals surface area contributed by atoms with Gasteiger partial charge >= 0.3 is 18.2 Å². The molecule has 7 nitrogen and oxygen atoms in total. The normalized spacial score (nSPS) is 13.7. The van der Waals surface area contributed by atoms with Gasteiger partial charge in [0.25, 0.3) is 0 Å². The molecule has 0 aliphatic rings. The number of amides is 1. The van der Waals surface area contributed by atoms with Gasteiger partial charge in [-0.1, -0.05) is 30.3 Å². The van der Waals surface area contributed by atoms with Gasteiger partial charge in [-0.2, -0.15) is 18.3 Å². The third kappa shape index (κ3) is 4.98. The van der Waals surface area contributed by atoms with E-state index in [1.54, 1.807) is 30.3 Å². The summed E-state index contributed by atoms with van der Waals surface area (Å²) in [6.45, 7) is 1.25. The number of hydrogen-bond donors (Lipinski definition) is 2. The van der Waals surface area contributed by atoms with Gasteiger partial charge in [-0.15, -0.1) is 0 Å². The van der Waals surface area contributed by atoms with Crippen molar-refractivity contribution in [2.45, 2.75) is 31.8 Å². The zero-order chi connectivity index (χ0) is 19.3. The number of ether oxygens (including phenoxy) is 1. The van der Waals surface area contributed by atoms with Crippen molar-refractivity contribution in [2.75, 3.05) is 0 Å². The first kappa shape index (κ1) is 19.3. The van der Waals surface area contributed by atoms with Gasteiger partial charge in [0.1, 0.15) is 6.61 Å². The highest BCUT2D eigenvalue weighted by Crippen LogP contribution is 2.29. The fraction of sp³-hybridized carbons (Fsp3) is 0.312. The number of rotatable bonds is 6. The Kier molecular flexibility index (Phi) is 5.86. The standard InChI is InChI=1S/C16H16F3N3O4/c1-10(22-8-12(7-20-22)16(17,18)19)13(14(23)24)21-15(25)26-9-11-5-3-2-4-6-11/h2-8,10,13H,9H2,1H3,(H,21,25)(H,23,24). The van der Waals surface area contributed by atoms with Gasteiger partial charge in [-0.3, -0.25) is 4.68 Å². The van der Waals surface area contributed by atoms with Crippen LogP contribution in [0.3, 0.4) is 0 Å². The Morgan fingerprint density at radius 3 is 2.50 bits per heavy atom. The van der Waals surface area contributed by atoms with Gasteiger partial charge in [-0.05, 0) is 12.5 Å². The van der Waals surface area contributed by atoms with E-state index in [0.717, 1.165) is 4.68 Å². The maximum absolute atomic E-state index is 12.6. The molecule has 0 saturated heterocycles. The van der Waals surface area contributed by atoms with Crippen LogP contribution in [0.1, 0.15) is 24.1 Å². The Morgan fingerprint density at radius 2 is 1.96 bits per heavy atom. The molecule has 0 spiro atoms. The van der Waals surface area contributed by atoms with E-state index in [-0.39, 0.29) is 6.61 Å².